The van der Waals surface area contributed by atoms with Crippen LogP contribution in [0.3, 0.4) is 0 Å². The maximum Gasteiger partial charge on any atom is 0.257 e. The van der Waals surface area contributed by atoms with Gasteiger partial charge >= 0.3 is 0 Å². The lowest BCUT2D eigenvalue weighted by molar-refractivity contribution is 0.102. The smallest absolute Gasteiger partial charge is 0.257 e. The predicted molar refractivity (Wildman–Crippen MR) is 159 cm³/mol. The number of fused-ring (bicyclic) bond motifs is 1. The summed E-state index contributed by atoms with van der Waals surface area (Å²) in [5.74, 6) is 1.56. The van der Waals surface area contributed by atoms with Gasteiger partial charge in [-0.3, -0.25) is 4.79 Å². The van der Waals surface area contributed by atoms with Crippen LogP contribution in [0.2, 0.25) is 5.04 Å². The van der Waals surface area contributed by atoms with E-state index in [2.05, 4.69) is 31.1 Å². The molecular formula is C30H38N2O6SSi. The van der Waals surface area contributed by atoms with Gasteiger partial charge in [0.25, 0.3) is 5.91 Å². The average Bonchev–Trinajstić information content (AvgIpc) is 3.17. The predicted octanol–water partition coefficient (Wildman–Crippen LogP) is 5.80. The van der Waals surface area contributed by atoms with Crippen molar-refractivity contribution in [3.05, 3.63) is 71.4 Å². The summed E-state index contributed by atoms with van der Waals surface area (Å²) in [6, 6.07) is 13.2. The Labute approximate surface area is 239 Å². The summed E-state index contributed by atoms with van der Waals surface area (Å²) < 4.78 is 42.2. The van der Waals surface area contributed by atoms with Crippen LogP contribution in [0.15, 0.2) is 59.6 Å². The van der Waals surface area contributed by atoms with Gasteiger partial charge in [0.2, 0.25) is 0 Å². The van der Waals surface area contributed by atoms with Crippen LogP contribution in [0.5, 0.6) is 17.2 Å². The summed E-state index contributed by atoms with van der Waals surface area (Å²) in [6.07, 6.45) is 3.48. The summed E-state index contributed by atoms with van der Waals surface area (Å²) in [4.78, 5) is 17.9. The van der Waals surface area contributed by atoms with Gasteiger partial charge < -0.3 is 19.2 Å². The monoisotopic (exact) mass is 582 g/mol. The number of aromatic nitrogens is 1. The first-order chi connectivity index (χ1) is 18.4. The first-order valence-corrected chi connectivity index (χ1v) is 16.4. The molecule has 0 saturated carbocycles. The second kappa shape index (κ2) is 10.6. The SMILES string of the molecule is CC1(C)Cc2c(Oc3ccc(S(C)(=O)=O)cc3)cc(C(=O)Nc3ccc(C(C)(C)O[SiH2]C(C)(C)C)cn3)cc2O1. The van der Waals surface area contributed by atoms with Gasteiger partial charge in [-0.05, 0) is 75.2 Å². The van der Waals surface area contributed by atoms with Crippen LogP contribution in [0.25, 0.3) is 0 Å². The lowest BCUT2D eigenvalue weighted by Crippen LogP contribution is -2.27. The molecule has 1 N–H and O–H groups in total. The summed E-state index contributed by atoms with van der Waals surface area (Å²) >= 11 is 0. The van der Waals surface area contributed by atoms with E-state index < -0.39 is 30.8 Å². The standard InChI is InChI=1S/C30H38N2O6SSi/c1-28(2,3)40-38-30(6,7)20-9-14-26(31-18-20)32-27(33)19-15-24(23-17-29(4,5)37-25(23)16-19)36-21-10-12-22(13-11-21)39(8,34)35/h9-16,18H,17,40H2,1-8H3,(H,31,32,33). The lowest BCUT2D eigenvalue weighted by atomic mass is 9.99. The van der Waals surface area contributed by atoms with E-state index in [1.807, 2.05) is 33.8 Å². The largest absolute Gasteiger partial charge is 0.487 e. The molecule has 2 heterocycles. The van der Waals surface area contributed by atoms with Crippen molar-refractivity contribution in [2.45, 2.75) is 76.0 Å². The highest BCUT2D eigenvalue weighted by Gasteiger charge is 2.34. The third-order valence-corrected chi connectivity index (χ3v) is 9.33. The quantitative estimate of drug-likeness (QED) is 0.335. The summed E-state index contributed by atoms with van der Waals surface area (Å²) in [5.41, 5.74) is 1.21. The molecule has 0 aliphatic carbocycles. The number of sulfone groups is 1. The molecule has 0 spiro atoms. The molecule has 2 aromatic carbocycles. The van der Waals surface area contributed by atoms with Crippen molar-refractivity contribution in [2.24, 2.45) is 0 Å². The number of benzene rings is 2. The van der Waals surface area contributed by atoms with Gasteiger partial charge in [-0.2, -0.15) is 0 Å². The van der Waals surface area contributed by atoms with E-state index in [1.165, 1.54) is 12.1 Å². The first kappa shape index (κ1) is 29.8. The van der Waals surface area contributed by atoms with Crippen molar-refractivity contribution in [1.82, 2.24) is 4.98 Å². The van der Waals surface area contributed by atoms with Crippen LogP contribution < -0.4 is 14.8 Å². The molecule has 0 unspecified atom stereocenters. The van der Waals surface area contributed by atoms with Crippen molar-refractivity contribution in [1.29, 1.82) is 0 Å². The van der Waals surface area contributed by atoms with E-state index >= 15 is 0 Å². The molecule has 1 aliphatic heterocycles. The molecule has 4 rings (SSSR count). The van der Waals surface area contributed by atoms with Crippen LogP contribution in [0, 0.1) is 0 Å². The van der Waals surface area contributed by atoms with Crippen LogP contribution in [0.1, 0.15) is 70.0 Å². The number of nitrogens with zero attached hydrogens (tertiary/aromatic N) is 1. The summed E-state index contributed by atoms with van der Waals surface area (Å²) in [5, 5.41) is 3.04. The fraction of sp³-hybridized carbons (Fsp3) is 0.400. The molecule has 8 nitrogen and oxygen atoms in total. The molecule has 40 heavy (non-hydrogen) atoms. The molecule has 10 heteroatoms. The van der Waals surface area contributed by atoms with Gasteiger partial charge in [0.1, 0.15) is 28.7 Å². The highest BCUT2D eigenvalue weighted by Crippen LogP contribution is 2.43. The van der Waals surface area contributed by atoms with E-state index in [-0.39, 0.29) is 15.8 Å². The molecule has 1 aliphatic rings. The molecule has 0 atom stereocenters. The molecule has 0 fully saturated rings. The van der Waals surface area contributed by atoms with Crippen LogP contribution >= 0.6 is 0 Å². The van der Waals surface area contributed by atoms with Gasteiger partial charge in [-0.1, -0.05) is 26.8 Å². The van der Waals surface area contributed by atoms with Gasteiger partial charge in [0, 0.05) is 35.6 Å². The Morgan fingerprint density at radius 3 is 2.30 bits per heavy atom. The Morgan fingerprint density at radius 1 is 1.05 bits per heavy atom. The van der Waals surface area contributed by atoms with Crippen molar-refractivity contribution < 1.29 is 27.1 Å². The van der Waals surface area contributed by atoms with Gasteiger partial charge in [-0.25, -0.2) is 13.4 Å². The Morgan fingerprint density at radius 2 is 1.73 bits per heavy atom. The van der Waals surface area contributed by atoms with E-state index in [0.717, 1.165) is 17.4 Å². The number of rotatable bonds is 8. The molecule has 0 radical (unpaired) electrons. The zero-order valence-corrected chi connectivity index (χ0v) is 26.6. The lowest BCUT2D eigenvalue weighted by Gasteiger charge is -2.30. The van der Waals surface area contributed by atoms with E-state index in [0.29, 0.717) is 35.1 Å². The van der Waals surface area contributed by atoms with Crippen LogP contribution in [0.4, 0.5) is 5.82 Å². The number of ether oxygens (including phenoxy) is 2. The third kappa shape index (κ3) is 7.29. The Balaban J connectivity index is 1.55. The molecule has 214 valence electrons. The van der Waals surface area contributed by atoms with Gasteiger partial charge in [0.05, 0.1) is 10.5 Å². The normalized spacial score (nSPS) is 15.1. The minimum atomic E-state index is -3.32. The van der Waals surface area contributed by atoms with E-state index in [4.69, 9.17) is 13.9 Å². The topological polar surface area (TPSA) is 104 Å². The summed E-state index contributed by atoms with van der Waals surface area (Å²) in [7, 11) is -4.08. The highest BCUT2D eigenvalue weighted by molar-refractivity contribution is 7.90. The number of carbonyl (C=O) groups is 1. The zero-order valence-electron chi connectivity index (χ0n) is 24.4. The second-order valence-electron chi connectivity index (χ2n) is 12.6. The van der Waals surface area contributed by atoms with Crippen LogP contribution in [-0.2, 0) is 26.3 Å². The molecular weight excluding hydrogens is 544 g/mol. The molecule has 1 amide bonds. The average molecular weight is 583 g/mol. The molecule has 1 aromatic heterocycles. The minimum Gasteiger partial charge on any atom is -0.487 e. The number of carbonyl (C=O) groups excluding carboxylic acids is 1. The Bertz CT molecular complexity index is 1510. The van der Waals surface area contributed by atoms with Gasteiger partial charge in [-0.15, -0.1) is 0 Å². The zero-order chi connectivity index (χ0) is 29.5. The number of pyridine rings is 1. The Hall–Kier alpha value is -3.21. The van der Waals surface area contributed by atoms with Gasteiger partial charge in [0.15, 0.2) is 19.6 Å². The number of hydrogen-bond donors (Lipinski definition) is 1. The van der Waals surface area contributed by atoms with Crippen molar-refractivity contribution in [3.8, 4) is 17.2 Å². The third-order valence-electron chi connectivity index (χ3n) is 6.46. The number of nitrogens with one attached hydrogen (secondary N) is 1. The fourth-order valence-corrected chi connectivity index (χ4v) is 5.83. The molecule has 0 saturated heterocycles. The van der Waals surface area contributed by atoms with Crippen molar-refractivity contribution in [2.75, 3.05) is 11.6 Å². The van der Waals surface area contributed by atoms with Crippen molar-refractivity contribution in [3.63, 3.8) is 0 Å². The maximum absolute atomic E-state index is 13.3. The van der Waals surface area contributed by atoms with E-state index in [1.54, 1.807) is 36.5 Å². The van der Waals surface area contributed by atoms with Crippen molar-refractivity contribution >= 4 is 31.3 Å². The maximum atomic E-state index is 13.3. The van der Waals surface area contributed by atoms with E-state index in [9.17, 15) is 13.2 Å². The minimum absolute atomic E-state index is 0.176. The summed E-state index contributed by atoms with van der Waals surface area (Å²) in [6.45, 7) is 14.6. The number of hydrogen-bond acceptors (Lipinski definition) is 7. The molecule has 0 bridgehead atoms. The molecule has 3 aromatic rings. The van der Waals surface area contributed by atoms with Crippen LogP contribution in [-0.4, -0.2) is 40.9 Å². The fourth-order valence-electron chi connectivity index (χ4n) is 4.24. The number of amides is 1. The highest BCUT2D eigenvalue weighted by atomic mass is 32.2. The number of anilines is 1. The second-order valence-corrected chi connectivity index (χ2v) is 17.3. The Kier molecular flexibility index (Phi) is 7.92. The first-order valence-electron chi connectivity index (χ1n) is 13.2.